The zero-order valence-corrected chi connectivity index (χ0v) is 25.3. The number of amides is 2. The monoisotopic (exact) mass is 581 g/mol. The van der Waals surface area contributed by atoms with Crippen molar-refractivity contribution >= 4 is 17.8 Å². The number of anilines is 1. The van der Waals surface area contributed by atoms with Gasteiger partial charge in [0.2, 0.25) is 11.9 Å². The van der Waals surface area contributed by atoms with Crippen molar-refractivity contribution in [2.24, 2.45) is 11.8 Å². The standard InChI is InChI=1S/C34H43N7O2/c1-3-4-17-36-27-13-9-18-39(21-27)34-38-30-23(2)32(42)41(22-28-16-15-24-10-7-8-14-29(24)37-28)33(43)31(30)40(34)20-26-12-6-5-11-25(26)19-35/h5-8,10-11,14-16,23-24,26-29,36-37H,3-4,9,12-13,17-18,20-22H2,1-2H3/t23?,24?,26?,27-,28?,29?/m1/s1. The van der Waals surface area contributed by atoms with Crippen molar-refractivity contribution in [2.45, 2.75) is 76.5 Å². The van der Waals surface area contributed by atoms with Crippen molar-refractivity contribution in [3.8, 4) is 6.07 Å². The van der Waals surface area contributed by atoms with Crippen LogP contribution in [-0.2, 0) is 11.3 Å². The van der Waals surface area contributed by atoms with Gasteiger partial charge in [0.1, 0.15) is 5.69 Å². The molecule has 0 saturated carbocycles. The van der Waals surface area contributed by atoms with E-state index in [1.54, 1.807) is 0 Å². The minimum Gasteiger partial charge on any atom is -0.341 e. The number of hydrogen-bond donors (Lipinski definition) is 2. The third-order valence-electron chi connectivity index (χ3n) is 9.47. The number of hydrogen-bond acceptors (Lipinski definition) is 7. The van der Waals surface area contributed by atoms with E-state index < -0.39 is 5.92 Å². The lowest BCUT2D eigenvalue weighted by Gasteiger charge is -2.36. The summed E-state index contributed by atoms with van der Waals surface area (Å²) in [4.78, 5) is 36.8. The summed E-state index contributed by atoms with van der Waals surface area (Å²) in [6.07, 6.45) is 23.6. The maximum Gasteiger partial charge on any atom is 0.279 e. The molecule has 226 valence electrons. The van der Waals surface area contributed by atoms with Crippen molar-refractivity contribution in [3.05, 3.63) is 71.6 Å². The number of rotatable bonds is 9. The number of carbonyl (C=O) groups excluding carboxylic acids is 2. The first-order valence-electron chi connectivity index (χ1n) is 16.0. The third-order valence-corrected chi connectivity index (χ3v) is 9.47. The van der Waals surface area contributed by atoms with Gasteiger partial charge >= 0.3 is 0 Å². The highest BCUT2D eigenvalue weighted by Gasteiger charge is 2.43. The van der Waals surface area contributed by atoms with Gasteiger partial charge in [0.05, 0.1) is 17.7 Å². The van der Waals surface area contributed by atoms with E-state index in [9.17, 15) is 14.9 Å². The highest BCUT2D eigenvalue weighted by atomic mass is 16.2. The van der Waals surface area contributed by atoms with Crippen molar-refractivity contribution in [1.82, 2.24) is 25.1 Å². The maximum absolute atomic E-state index is 14.3. The van der Waals surface area contributed by atoms with Gasteiger partial charge in [-0.2, -0.15) is 5.26 Å². The molecule has 1 aromatic rings. The number of piperidine rings is 1. The first-order valence-corrected chi connectivity index (χ1v) is 16.0. The third kappa shape index (κ3) is 5.91. The first-order chi connectivity index (χ1) is 21.0. The summed E-state index contributed by atoms with van der Waals surface area (Å²) >= 11 is 0. The normalized spacial score (nSPS) is 29.8. The fourth-order valence-electron chi connectivity index (χ4n) is 7.01. The summed E-state index contributed by atoms with van der Waals surface area (Å²) < 4.78 is 2.03. The number of imide groups is 1. The summed E-state index contributed by atoms with van der Waals surface area (Å²) in [5.74, 6) is -0.0778. The lowest BCUT2D eigenvalue weighted by molar-refractivity contribution is -0.130. The Balaban J connectivity index is 1.32. The van der Waals surface area contributed by atoms with E-state index in [-0.39, 0.29) is 42.3 Å². The quantitative estimate of drug-likeness (QED) is 0.258. The molecule has 0 aromatic carbocycles. The van der Waals surface area contributed by atoms with Gasteiger partial charge in [-0.1, -0.05) is 62.0 Å². The van der Waals surface area contributed by atoms with Crippen LogP contribution in [0.2, 0.25) is 0 Å². The van der Waals surface area contributed by atoms with Gasteiger partial charge in [-0.15, -0.1) is 0 Å². The molecule has 5 aliphatic rings. The molecule has 4 heterocycles. The molecule has 0 spiro atoms. The van der Waals surface area contributed by atoms with E-state index >= 15 is 0 Å². The van der Waals surface area contributed by atoms with E-state index in [0.29, 0.717) is 29.5 Å². The van der Waals surface area contributed by atoms with E-state index in [4.69, 9.17) is 4.98 Å². The Morgan fingerprint density at radius 2 is 2.00 bits per heavy atom. The minimum absolute atomic E-state index is 0.0597. The van der Waals surface area contributed by atoms with Gasteiger partial charge in [-0.3, -0.25) is 14.5 Å². The molecule has 0 bridgehead atoms. The van der Waals surface area contributed by atoms with Gasteiger partial charge in [-0.05, 0) is 45.2 Å². The average Bonchev–Trinajstić information content (AvgIpc) is 3.42. The van der Waals surface area contributed by atoms with Crippen molar-refractivity contribution in [2.75, 3.05) is 31.1 Å². The Labute approximate surface area is 254 Å². The molecule has 5 unspecified atom stereocenters. The lowest BCUT2D eigenvalue weighted by atomic mass is 9.89. The SMILES string of the molecule is CCCCN[C@@H]1CCCN(c2nc3c(n2CC2CC=CC=C2C#N)C(=O)N(CC2C=CC4C=CC=CC4N2)C(=O)C3C)C1. The molecule has 2 amide bonds. The molecular weight excluding hydrogens is 538 g/mol. The van der Waals surface area contributed by atoms with Crippen molar-refractivity contribution < 1.29 is 9.59 Å². The molecule has 43 heavy (non-hydrogen) atoms. The van der Waals surface area contributed by atoms with Gasteiger partial charge in [0.25, 0.3) is 5.91 Å². The van der Waals surface area contributed by atoms with Gasteiger partial charge in [0.15, 0.2) is 0 Å². The van der Waals surface area contributed by atoms with Crippen LogP contribution >= 0.6 is 0 Å². The molecule has 0 radical (unpaired) electrons. The predicted octanol–water partition coefficient (Wildman–Crippen LogP) is 3.99. The van der Waals surface area contributed by atoms with Crippen LogP contribution in [0, 0.1) is 23.2 Å². The minimum atomic E-state index is -0.536. The summed E-state index contributed by atoms with van der Waals surface area (Å²) in [5, 5.41) is 17.2. The van der Waals surface area contributed by atoms with Crippen LogP contribution in [0.5, 0.6) is 0 Å². The largest absolute Gasteiger partial charge is 0.341 e. The highest BCUT2D eigenvalue weighted by Crippen LogP contribution is 2.36. The highest BCUT2D eigenvalue weighted by molar-refractivity contribution is 6.10. The Morgan fingerprint density at radius 1 is 1.14 bits per heavy atom. The average molecular weight is 582 g/mol. The van der Waals surface area contributed by atoms with Crippen LogP contribution in [0.3, 0.4) is 0 Å². The molecule has 1 fully saturated rings. The summed E-state index contributed by atoms with van der Waals surface area (Å²) in [7, 11) is 0. The maximum atomic E-state index is 14.3. The summed E-state index contributed by atoms with van der Waals surface area (Å²) in [6.45, 7) is 7.43. The number of nitrogens with one attached hydrogen (secondary N) is 2. The molecule has 6 atom stereocenters. The zero-order chi connectivity index (χ0) is 29.9. The second kappa shape index (κ2) is 12.9. The first kappa shape index (κ1) is 29.3. The number of carbonyl (C=O) groups is 2. The van der Waals surface area contributed by atoms with Crippen LogP contribution in [0.1, 0.15) is 68.1 Å². The Morgan fingerprint density at radius 3 is 2.84 bits per heavy atom. The summed E-state index contributed by atoms with van der Waals surface area (Å²) in [6, 6.07) is 2.73. The number of unbranched alkanes of at least 4 members (excludes halogenated alkanes) is 1. The van der Waals surface area contributed by atoms with Crippen LogP contribution in [0.4, 0.5) is 5.95 Å². The molecule has 6 rings (SSSR count). The van der Waals surface area contributed by atoms with Gasteiger partial charge in [-0.25, -0.2) is 4.98 Å². The molecule has 3 aliphatic heterocycles. The van der Waals surface area contributed by atoms with E-state index in [0.717, 1.165) is 57.7 Å². The Hall–Kier alpha value is -3.74. The van der Waals surface area contributed by atoms with Gasteiger partial charge in [0, 0.05) is 61.7 Å². The van der Waals surface area contributed by atoms with E-state index in [1.807, 2.05) is 35.8 Å². The predicted molar refractivity (Wildman–Crippen MR) is 167 cm³/mol. The zero-order valence-electron chi connectivity index (χ0n) is 25.3. The van der Waals surface area contributed by atoms with E-state index in [2.05, 4.69) is 58.9 Å². The van der Waals surface area contributed by atoms with E-state index in [1.165, 1.54) is 4.90 Å². The lowest BCUT2D eigenvalue weighted by Crippen LogP contribution is -2.54. The second-order valence-corrected chi connectivity index (χ2v) is 12.5. The molecule has 9 heteroatoms. The number of nitrogens with zero attached hydrogens (tertiary/aromatic N) is 5. The molecule has 1 aromatic heterocycles. The smallest absolute Gasteiger partial charge is 0.279 e. The van der Waals surface area contributed by atoms with Gasteiger partial charge < -0.3 is 20.1 Å². The number of fused-ring (bicyclic) bond motifs is 2. The summed E-state index contributed by atoms with van der Waals surface area (Å²) in [5.41, 5.74) is 1.76. The number of imidazole rings is 1. The van der Waals surface area contributed by atoms with Crippen LogP contribution in [0.15, 0.2) is 60.3 Å². The van der Waals surface area contributed by atoms with Crippen LogP contribution in [0.25, 0.3) is 0 Å². The van der Waals surface area contributed by atoms with Crippen LogP contribution in [-0.4, -0.2) is 70.6 Å². The van der Waals surface area contributed by atoms with Crippen LogP contribution < -0.4 is 15.5 Å². The molecule has 1 saturated heterocycles. The number of nitriles is 1. The van der Waals surface area contributed by atoms with Crippen molar-refractivity contribution in [1.29, 1.82) is 5.26 Å². The number of allylic oxidation sites excluding steroid dienone is 6. The Kier molecular flexibility index (Phi) is 8.78. The second-order valence-electron chi connectivity index (χ2n) is 12.5. The fraction of sp³-hybridized carbons (Fsp3) is 0.529. The molecule has 9 nitrogen and oxygen atoms in total. The molecule has 2 N–H and O–H groups in total. The molecule has 2 aliphatic carbocycles. The number of aromatic nitrogens is 2. The Bertz CT molecular complexity index is 1430. The van der Waals surface area contributed by atoms with Crippen molar-refractivity contribution in [3.63, 3.8) is 0 Å². The topological polar surface area (TPSA) is 106 Å². The fourth-order valence-corrected chi connectivity index (χ4v) is 7.01. The molecular formula is C34H43N7O2.